The van der Waals surface area contributed by atoms with Gasteiger partial charge in [0.25, 0.3) is 6.02 Å². The lowest BCUT2D eigenvalue weighted by atomic mass is 10.0. The van der Waals surface area contributed by atoms with Crippen LogP contribution in [0.3, 0.4) is 0 Å². The highest BCUT2D eigenvalue weighted by atomic mass is 35.5. The van der Waals surface area contributed by atoms with Crippen LogP contribution in [0.5, 0.6) is 0 Å². The Labute approximate surface area is 284 Å². The van der Waals surface area contributed by atoms with E-state index in [-0.39, 0.29) is 31.1 Å². The number of nitrogens with one attached hydrogen (secondary N) is 3. The van der Waals surface area contributed by atoms with Crippen molar-refractivity contribution in [2.75, 3.05) is 13.2 Å². The molecular weight excluding hydrogens is 675 g/mol. The van der Waals surface area contributed by atoms with Crippen molar-refractivity contribution in [3.8, 4) is 0 Å². The second-order valence-corrected chi connectivity index (χ2v) is 13.9. The lowest BCUT2D eigenvalue weighted by Gasteiger charge is -2.17. The lowest BCUT2D eigenvalue weighted by Crippen LogP contribution is -2.41. The van der Waals surface area contributed by atoms with Crippen molar-refractivity contribution in [3.63, 3.8) is 0 Å². The number of guanidine groups is 1. The van der Waals surface area contributed by atoms with Crippen LogP contribution in [0.15, 0.2) is 64.0 Å². The van der Waals surface area contributed by atoms with Crippen LogP contribution in [0, 0.1) is 5.92 Å². The van der Waals surface area contributed by atoms with Crippen molar-refractivity contribution < 1.29 is 35.9 Å². The van der Waals surface area contributed by atoms with Gasteiger partial charge in [0.05, 0.1) is 22.4 Å². The third kappa shape index (κ3) is 13.7. The molecule has 17 heteroatoms. The van der Waals surface area contributed by atoms with Gasteiger partial charge in [-0.25, -0.2) is 18.4 Å². The largest absolute Gasteiger partial charge is 0.455 e. The van der Waals surface area contributed by atoms with E-state index in [0.29, 0.717) is 24.3 Å². The third-order valence-electron chi connectivity index (χ3n) is 6.99. The summed E-state index contributed by atoms with van der Waals surface area (Å²) < 4.78 is 69.7. The molecule has 1 aromatic rings. The minimum absolute atomic E-state index is 0.0847. The fourth-order valence-electron chi connectivity index (χ4n) is 4.03. The molecule has 0 spiro atoms. The van der Waals surface area contributed by atoms with Crippen molar-refractivity contribution in [2.24, 2.45) is 26.6 Å². The van der Waals surface area contributed by atoms with E-state index in [4.69, 9.17) is 22.1 Å². The van der Waals surface area contributed by atoms with E-state index in [1.54, 1.807) is 32.1 Å². The maximum Gasteiger partial charge on any atom is 0.422 e. The summed E-state index contributed by atoms with van der Waals surface area (Å²) >= 11 is 5.98. The summed E-state index contributed by atoms with van der Waals surface area (Å²) in [6.07, 6.45) is 0.646. The Morgan fingerprint density at radius 1 is 1.15 bits per heavy atom. The number of alkyl halides is 3. The molecule has 2 rings (SSSR count). The zero-order chi connectivity index (χ0) is 36.1. The number of ether oxygens (including phenoxy) is 1. The van der Waals surface area contributed by atoms with Gasteiger partial charge in [-0.05, 0) is 69.4 Å². The first-order chi connectivity index (χ1) is 22.4. The number of halogens is 4. The maximum absolute atomic E-state index is 13.1. The number of rotatable bonds is 16. The van der Waals surface area contributed by atoms with Gasteiger partial charge in [0.1, 0.15) is 6.17 Å². The first-order valence-corrected chi connectivity index (χ1v) is 17.2. The van der Waals surface area contributed by atoms with Gasteiger partial charge in [0.2, 0.25) is 21.8 Å². The molecule has 1 fully saturated rings. The van der Waals surface area contributed by atoms with Gasteiger partial charge in [0.15, 0.2) is 12.6 Å². The fraction of sp³-hybridized carbons (Fsp3) is 0.516. The number of allylic oxidation sites excluding steroid dienone is 2. The molecule has 266 valence electrons. The number of carbonyl (C=O) groups is 2. The standard InChI is InChI=1S/C31H43ClF3N7O5S/c1-6-21(27(44)37-18-15-26(43)42-48(45,46)20(4)5)9-14-24(7-2)38-25(8-3)39-29(47-19-31(33,34)35)40-28(36)41-30(16-17-30)22-10-12-23(32)13-11-22/h7,9-14,20-21,25H,2,6,8,15-19H2,1,3-5H3,(H,37,44)(H,42,43)(H3,36,39,40,41)/b14-9-,38-24?. The van der Waals surface area contributed by atoms with Crippen molar-refractivity contribution in [1.29, 1.82) is 0 Å². The Bertz CT molecular complexity index is 1510. The summed E-state index contributed by atoms with van der Waals surface area (Å²) in [6, 6.07) is 6.52. The molecule has 0 aliphatic heterocycles. The van der Waals surface area contributed by atoms with Crippen LogP contribution in [0.1, 0.15) is 65.4 Å². The van der Waals surface area contributed by atoms with Crippen LogP contribution in [-0.4, -0.2) is 68.7 Å². The summed E-state index contributed by atoms with van der Waals surface area (Å²) in [7, 11) is -3.78. The van der Waals surface area contributed by atoms with Gasteiger partial charge in [0, 0.05) is 18.0 Å². The topological polar surface area (TPSA) is 177 Å². The lowest BCUT2D eigenvalue weighted by molar-refractivity contribution is -0.156. The molecule has 1 aliphatic rings. The Kier molecular flexibility index (Phi) is 15.1. The van der Waals surface area contributed by atoms with Crippen LogP contribution in [0.4, 0.5) is 13.2 Å². The number of sulfonamides is 1. The zero-order valence-corrected chi connectivity index (χ0v) is 28.9. The molecule has 1 aliphatic carbocycles. The summed E-state index contributed by atoms with van der Waals surface area (Å²) in [5.41, 5.74) is 6.59. The molecule has 1 aromatic carbocycles. The van der Waals surface area contributed by atoms with Crippen molar-refractivity contribution in [2.45, 2.75) is 82.9 Å². The van der Waals surface area contributed by atoms with Gasteiger partial charge in [-0.1, -0.05) is 50.2 Å². The molecule has 2 atom stereocenters. The first kappa shape index (κ1) is 40.3. The number of hydrogen-bond donors (Lipinski definition) is 4. The van der Waals surface area contributed by atoms with Crippen molar-refractivity contribution in [3.05, 3.63) is 59.7 Å². The first-order valence-electron chi connectivity index (χ1n) is 15.3. The number of aliphatic imine (C=N–C) groups is 3. The number of nitrogens with zero attached hydrogens (tertiary/aromatic N) is 3. The molecule has 0 bridgehead atoms. The summed E-state index contributed by atoms with van der Waals surface area (Å²) in [5.74, 6) is -1.98. The van der Waals surface area contributed by atoms with Crippen LogP contribution in [0.25, 0.3) is 0 Å². The van der Waals surface area contributed by atoms with E-state index in [9.17, 15) is 31.2 Å². The van der Waals surface area contributed by atoms with Gasteiger partial charge >= 0.3 is 6.18 Å². The minimum Gasteiger partial charge on any atom is -0.455 e. The van der Waals surface area contributed by atoms with E-state index in [1.807, 2.05) is 16.9 Å². The zero-order valence-electron chi connectivity index (χ0n) is 27.3. The van der Waals surface area contributed by atoms with Gasteiger partial charge < -0.3 is 15.8 Å². The average molecular weight is 718 g/mol. The predicted molar refractivity (Wildman–Crippen MR) is 181 cm³/mol. The van der Waals surface area contributed by atoms with Gasteiger partial charge in [-0.2, -0.15) is 13.2 Å². The number of amides is 2. The Morgan fingerprint density at radius 3 is 2.31 bits per heavy atom. The van der Waals surface area contributed by atoms with Crippen molar-refractivity contribution in [1.82, 2.24) is 15.4 Å². The van der Waals surface area contributed by atoms with E-state index >= 15 is 0 Å². The third-order valence-corrected chi connectivity index (χ3v) is 9.00. The Hall–Kier alpha value is -3.92. The number of benzene rings is 1. The highest BCUT2D eigenvalue weighted by Gasteiger charge is 2.44. The fourth-order valence-corrected chi connectivity index (χ4v) is 4.81. The van der Waals surface area contributed by atoms with E-state index in [2.05, 4.69) is 32.2 Å². The van der Waals surface area contributed by atoms with Crippen LogP contribution in [0.2, 0.25) is 5.02 Å². The maximum atomic E-state index is 13.1. The SMILES string of the molecule is C=CC(/C=C\C(CC)C(=O)NCCC(=O)NS(=O)(=O)C(C)C)=NC(CC)N=C(NC(N)=NC1(c2ccc(Cl)cc2)CC1)OCC(F)(F)F. The van der Waals surface area contributed by atoms with Crippen LogP contribution in [-0.2, 0) is 29.9 Å². The highest BCUT2D eigenvalue weighted by molar-refractivity contribution is 7.90. The van der Waals surface area contributed by atoms with Gasteiger partial charge in [-0.3, -0.25) is 24.6 Å². The van der Waals surface area contributed by atoms with E-state index < -0.39 is 63.5 Å². The monoisotopic (exact) mass is 717 g/mol. The quantitative estimate of drug-likeness (QED) is 0.144. The highest BCUT2D eigenvalue weighted by Crippen LogP contribution is 2.49. The molecule has 2 amide bonds. The van der Waals surface area contributed by atoms with Crippen LogP contribution >= 0.6 is 11.6 Å². The summed E-state index contributed by atoms with van der Waals surface area (Å²) in [6.45, 7) is 8.34. The number of amidine groups is 1. The van der Waals surface area contributed by atoms with E-state index in [0.717, 1.165) is 5.56 Å². The van der Waals surface area contributed by atoms with Gasteiger partial charge in [-0.15, -0.1) is 0 Å². The molecular formula is C31H43ClF3N7O5S. The number of nitrogens with two attached hydrogens (primary N) is 1. The molecule has 1 saturated carbocycles. The number of hydrogen-bond acceptors (Lipinski definition) is 8. The molecule has 0 saturated heterocycles. The molecule has 0 radical (unpaired) electrons. The Balaban J connectivity index is 2.17. The Morgan fingerprint density at radius 2 is 1.79 bits per heavy atom. The minimum atomic E-state index is -4.65. The molecule has 2 unspecified atom stereocenters. The molecule has 0 heterocycles. The number of carbonyl (C=O) groups excluding carboxylic acids is 2. The molecule has 48 heavy (non-hydrogen) atoms. The molecule has 5 N–H and O–H groups in total. The predicted octanol–water partition coefficient (Wildman–Crippen LogP) is 4.47. The van der Waals surface area contributed by atoms with Crippen LogP contribution < -0.4 is 21.1 Å². The van der Waals surface area contributed by atoms with E-state index in [1.165, 1.54) is 26.0 Å². The smallest absolute Gasteiger partial charge is 0.422 e. The summed E-state index contributed by atoms with van der Waals surface area (Å²) in [5, 5.41) is 4.91. The molecule has 0 aromatic heterocycles. The second-order valence-electron chi connectivity index (χ2n) is 11.2. The van der Waals surface area contributed by atoms with Crippen molar-refractivity contribution >= 4 is 51.1 Å². The summed E-state index contributed by atoms with van der Waals surface area (Å²) in [4.78, 5) is 37.8. The normalized spacial score (nSPS) is 16.7. The second kappa shape index (κ2) is 18.0. The molecule has 12 nitrogen and oxygen atoms in total. The average Bonchev–Trinajstić information content (AvgIpc) is 3.78.